The second-order valence-corrected chi connectivity index (χ2v) is 9.71. The number of ether oxygens (including phenoxy) is 1. The molecule has 2 N–H and O–H groups in total. The molecule has 0 spiro atoms. The summed E-state index contributed by atoms with van der Waals surface area (Å²) in [6.07, 6.45) is 2.43. The second-order valence-electron chi connectivity index (χ2n) is 7.77. The number of methoxy groups -OCH3 is 1. The predicted molar refractivity (Wildman–Crippen MR) is 121 cm³/mol. The first-order valence-corrected chi connectivity index (χ1v) is 11.9. The maximum atomic E-state index is 13.1. The molecule has 166 valence electrons. The van der Waals surface area contributed by atoms with E-state index in [1.807, 2.05) is 32.0 Å². The molecule has 0 atom stereocenters. The van der Waals surface area contributed by atoms with Crippen LogP contribution in [0.4, 0.5) is 0 Å². The van der Waals surface area contributed by atoms with Crippen molar-refractivity contribution in [3.63, 3.8) is 0 Å². The molecular weight excluding hydrogens is 400 g/mol. The van der Waals surface area contributed by atoms with Gasteiger partial charge in [-0.3, -0.25) is 0 Å². The monoisotopic (exact) mass is 434 g/mol. The number of phenolic OH excluding ortho intramolecular Hbond substituents is 1. The van der Waals surface area contributed by atoms with Gasteiger partial charge in [0.25, 0.3) is 0 Å². The van der Waals surface area contributed by atoms with Crippen molar-refractivity contribution in [2.75, 3.05) is 33.3 Å². The maximum absolute atomic E-state index is 13.1. The Hall–Kier alpha value is -2.09. The highest BCUT2D eigenvalue weighted by molar-refractivity contribution is 7.89. The topological polar surface area (TPSA) is 78.9 Å². The first kappa shape index (κ1) is 24.2. The van der Waals surface area contributed by atoms with Crippen LogP contribution in [0.15, 0.2) is 53.4 Å². The first-order valence-electron chi connectivity index (χ1n) is 10.5. The molecule has 0 fully saturated rings. The van der Waals surface area contributed by atoms with E-state index in [1.165, 1.54) is 0 Å². The van der Waals surface area contributed by atoms with Crippen LogP contribution < -0.4 is 10.1 Å². The minimum absolute atomic E-state index is 0.245. The van der Waals surface area contributed by atoms with Crippen LogP contribution in [0.1, 0.15) is 32.3 Å². The van der Waals surface area contributed by atoms with E-state index in [-0.39, 0.29) is 5.92 Å². The molecule has 2 aromatic carbocycles. The minimum atomic E-state index is -3.53. The van der Waals surface area contributed by atoms with Crippen LogP contribution in [0.2, 0.25) is 0 Å². The highest BCUT2D eigenvalue weighted by atomic mass is 32.2. The Morgan fingerprint density at radius 1 is 1.03 bits per heavy atom. The fraction of sp³-hybridized carbons (Fsp3) is 0.478. The number of phenols is 1. The Bertz CT molecular complexity index is 867. The van der Waals surface area contributed by atoms with Crippen LogP contribution in [0, 0.1) is 5.92 Å². The molecule has 2 rings (SSSR count). The summed E-state index contributed by atoms with van der Waals surface area (Å²) >= 11 is 0. The summed E-state index contributed by atoms with van der Waals surface area (Å²) in [5.41, 5.74) is 0.929. The van der Waals surface area contributed by atoms with Gasteiger partial charge >= 0.3 is 0 Å². The molecule has 0 bridgehead atoms. The third-order valence-corrected chi connectivity index (χ3v) is 6.72. The molecule has 0 unspecified atom stereocenters. The third-order valence-electron chi connectivity index (χ3n) is 4.84. The Labute approximate surface area is 180 Å². The zero-order valence-electron chi connectivity index (χ0n) is 18.2. The molecule has 7 heteroatoms. The number of para-hydroxylation sites is 1. The van der Waals surface area contributed by atoms with E-state index in [2.05, 4.69) is 5.32 Å². The number of nitrogens with one attached hydrogen (secondary N) is 1. The van der Waals surface area contributed by atoms with Crippen molar-refractivity contribution in [3.8, 4) is 11.5 Å². The highest BCUT2D eigenvalue weighted by Gasteiger charge is 2.24. The number of rotatable bonds is 13. The molecule has 0 saturated carbocycles. The lowest BCUT2D eigenvalue weighted by Crippen LogP contribution is -2.35. The molecule has 30 heavy (non-hydrogen) atoms. The predicted octanol–water partition coefficient (Wildman–Crippen LogP) is 3.66. The van der Waals surface area contributed by atoms with Gasteiger partial charge in [0.15, 0.2) is 0 Å². The molecule has 0 aromatic heterocycles. The lowest BCUT2D eigenvalue weighted by atomic mass is 10.1. The number of sulfonamides is 1. The van der Waals surface area contributed by atoms with Crippen molar-refractivity contribution in [2.24, 2.45) is 5.92 Å². The van der Waals surface area contributed by atoms with E-state index in [0.29, 0.717) is 29.5 Å². The Morgan fingerprint density at radius 3 is 2.37 bits per heavy atom. The number of benzene rings is 2. The van der Waals surface area contributed by atoms with E-state index in [1.54, 1.807) is 41.7 Å². The minimum Gasteiger partial charge on any atom is -0.508 e. The van der Waals surface area contributed by atoms with Gasteiger partial charge in [-0.05, 0) is 74.2 Å². The molecule has 0 saturated heterocycles. The standard InChI is InChI=1S/C23H34N2O4S/c1-19(2)18-25(30(27,28)22-12-10-21(29-3)11-13-22)17-7-6-15-24-16-14-20-8-4-5-9-23(20)26/h4-5,8-13,19,24,26H,6-7,14-18H2,1-3H3. The summed E-state index contributed by atoms with van der Waals surface area (Å²) in [6.45, 7) is 6.63. The number of hydrogen-bond donors (Lipinski definition) is 2. The van der Waals surface area contributed by atoms with Crippen LogP contribution in [0.3, 0.4) is 0 Å². The Balaban J connectivity index is 1.82. The zero-order valence-corrected chi connectivity index (χ0v) is 19.0. The van der Waals surface area contributed by atoms with E-state index < -0.39 is 10.0 Å². The largest absolute Gasteiger partial charge is 0.508 e. The fourth-order valence-corrected chi connectivity index (χ4v) is 4.86. The molecule has 0 radical (unpaired) electrons. The van der Waals surface area contributed by atoms with Crippen LogP contribution in [0.25, 0.3) is 0 Å². The zero-order chi connectivity index (χ0) is 22.0. The van der Waals surface area contributed by atoms with Crippen LogP contribution in [-0.4, -0.2) is 51.1 Å². The van der Waals surface area contributed by atoms with E-state index in [0.717, 1.165) is 37.9 Å². The first-order chi connectivity index (χ1) is 14.3. The van der Waals surface area contributed by atoms with Gasteiger partial charge in [0.05, 0.1) is 12.0 Å². The summed E-state index contributed by atoms with van der Waals surface area (Å²) in [4.78, 5) is 0.296. The SMILES string of the molecule is COc1ccc(S(=O)(=O)N(CCCCNCCc2ccccc2O)CC(C)C)cc1. The normalized spacial score (nSPS) is 11.9. The Morgan fingerprint density at radius 2 is 1.73 bits per heavy atom. The number of hydrogen-bond acceptors (Lipinski definition) is 5. The summed E-state index contributed by atoms with van der Waals surface area (Å²) in [7, 11) is -1.97. The average Bonchev–Trinajstić information content (AvgIpc) is 2.73. The summed E-state index contributed by atoms with van der Waals surface area (Å²) in [5.74, 6) is 1.21. The van der Waals surface area contributed by atoms with E-state index in [9.17, 15) is 13.5 Å². The molecule has 6 nitrogen and oxygen atoms in total. The van der Waals surface area contributed by atoms with E-state index >= 15 is 0 Å². The second kappa shape index (κ2) is 11.9. The van der Waals surface area contributed by atoms with Crippen molar-refractivity contribution in [1.82, 2.24) is 9.62 Å². The molecular formula is C23H34N2O4S. The van der Waals surface area contributed by atoms with Gasteiger partial charge in [-0.2, -0.15) is 4.31 Å². The highest BCUT2D eigenvalue weighted by Crippen LogP contribution is 2.21. The molecule has 0 amide bonds. The smallest absolute Gasteiger partial charge is 0.243 e. The van der Waals surface area contributed by atoms with Crippen molar-refractivity contribution in [3.05, 3.63) is 54.1 Å². The Kier molecular flexibility index (Phi) is 9.62. The lowest BCUT2D eigenvalue weighted by molar-refractivity contribution is 0.358. The number of nitrogens with zero attached hydrogens (tertiary/aromatic N) is 1. The average molecular weight is 435 g/mol. The summed E-state index contributed by atoms with van der Waals surface area (Å²) in [5, 5.41) is 13.2. The summed E-state index contributed by atoms with van der Waals surface area (Å²) < 4.78 is 32.8. The molecule has 0 heterocycles. The molecule has 0 aliphatic carbocycles. The summed E-state index contributed by atoms with van der Waals surface area (Å²) in [6, 6.07) is 13.9. The van der Waals surface area contributed by atoms with Crippen molar-refractivity contribution >= 4 is 10.0 Å². The van der Waals surface area contributed by atoms with Gasteiger partial charge in [0.1, 0.15) is 11.5 Å². The van der Waals surface area contributed by atoms with E-state index in [4.69, 9.17) is 4.74 Å². The third kappa shape index (κ3) is 7.31. The number of unbranched alkanes of at least 4 members (excludes halogenated alkanes) is 1. The van der Waals surface area contributed by atoms with Gasteiger partial charge in [-0.15, -0.1) is 0 Å². The van der Waals surface area contributed by atoms with Crippen LogP contribution in [0.5, 0.6) is 11.5 Å². The van der Waals surface area contributed by atoms with Crippen molar-refractivity contribution in [2.45, 2.75) is 38.0 Å². The quantitative estimate of drug-likeness (QED) is 0.471. The van der Waals surface area contributed by atoms with Gasteiger partial charge in [-0.1, -0.05) is 32.0 Å². The van der Waals surface area contributed by atoms with Gasteiger partial charge < -0.3 is 15.2 Å². The van der Waals surface area contributed by atoms with Crippen molar-refractivity contribution in [1.29, 1.82) is 0 Å². The molecule has 0 aliphatic heterocycles. The van der Waals surface area contributed by atoms with Gasteiger partial charge in [0.2, 0.25) is 10.0 Å². The van der Waals surface area contributed by atoms with Gasteiger partial charge in [0, 0.05) is 13.1 Å². The van der Waals surface area contributed by atoms with Crippen molar-refractivity contribution < 1.29 is 18.3 Å². The molecule has 0 aliphatic rings. The van der Waals surface area contributed by atoms with Crippen LogP contribution >= 0.6 is 0 Å². The lowest BCUT2D eigenvalue weighted by Gasteiger charge is -2.24. The fourth-order valence-electron chi connectivity index (χ4n) is 3.22. The maximum Gasteiger partial charge on any atom is 0.243 e. The van der Waals surface area contributed by atoms with Gasteiger partial charge in [-0.25, -0.2) is 8.42 Å². The molecule has 2 aromatic rings. The van der Waals surface area contributed by atoms with Crippen LogP contribution in [-0.2, 0) is 16.4 Å². The number of aromatic hydroxyl groups is 1.